The van der Waals surface area contributed by atoms with Gasteiger partial charge in [-0.15, -0.1) is 0 Å². The van der Waals surface area contributed by atoms with Crippen LogP contribution in [0.25, 0.3) is 0 Å². The van der Waals surface area contributed by atoms with E-state index >= 15 is 0 Å². The predicted octanol–water partition coefficient (Wildman–Crippen LogP) is 1.53. The summed E-state index contributed by atoms with van der Waals surface area (Å²) in [6.07, 6.45) is -1.74. The third-order valence-corrected chi connectivity index (χ3v) is 7.02. The molecule has 3 aliphatic carbocycles. The van der Waals surface area contributed by atoms with Gasteiger partial charge in [-0.2, -0.15) is 0 Å². The van der Waals surface area contributed by atoms with Crippen molar-refractivity contribution in [1.29, 1.82) is 2.86 Å². The van der Waals surface area contributed by atoms with Crippen LogP contribution in [-0.2, 0) is 16.6 Å². The van der Waals surface area contributed by atoms with E-state index in [9.17, 15) is 6.17 Å². The number of benzene rings is 1. The summed E-state index contributed by atoms with van der Waals surface area (Å²) in [5.74, 6) is -0.105. The Hall–Kier alpha value is -1.59. The SMILES string of the molecule is [2H]Oc1ccc2c3c1O[C@@]1([2H])C(=O)C([2H])([2H])C[C@@]4(O[2H])[C@@H](C2)N(CC2CC2)CC[C@]314. The molecule has 1 aromatic rings. The highest BCUT2D eigenvalue weighted by Gasteiger charge is 2.73. The van der Waals surface area contributed by atoms with Gasteiger partial charge in [0.15, 0.2) is 23.4 Å². The summed E-state index contributed by atoms with van der Waals surface area (Å²) in [6, 6.07) is 3.11. The number of aliphatic hydroxyl groups is 1. The molecule has 1 spiro atoms. The second-order valence-corrected chi connectivity index (χ2v) is 8.24. The molecule has 5 aliphatic rings. The topological polar surface area (TPSA) is 70.0 Å². The summed E-state index contributed by atoms with van der Waals surface area (Å²) >= 11 is 0. The van der Waals surface area contributed by atoms with Gasteiger partial charge in [-0.05, 0) is 56.2 Å². The first kappa shape index (κ1) is 10.5. The highest BCUT2D eigenvalue weighted by molar-refractivity contribution is 5.90. The predicted molar refractivity (Wildman–Crippen MR) is 89.8 cm³/mol. The molecule has 25 heavy (non-hydrogen) atoms. The zero-order valence-corrected chi connectivity index (χ0v) is 13.8. The van der Waals surface area contributed by atoms with Crippen LogP contribution in [0.2, 0.25) is 0 Å². The van der Waals surface area contributed by atoms with E-state index in [-0.39, 0.29) is 24.0 Å². The van der Waals surface area contributed by atoms with Crippen LogP contribution in [0.15, 0.2) is 12.1 Å². The Labute approximate surface area is 153 Å². The standard InChI is InChI=1S/C20H23NO4/c22-13-4-3-12-9-15-20(24)6-5-14(23)18-19(20,16(12)17(13)25-18)7-8-21(15)10-11-1-2-11/h3-4,11,15,18,22,24H,1-2,5-10H2/t15-,18+,19+,20-/m1/s1/i5D2,18D,24D/hD. The minimum atomic E-state index is -2.37. The van der Waals surface area contributed by atoms with Gasteiger partial charge in [-0.1, -0.05) is 6.07 Å². The fourth-order valence-corrected chi connectivity index (χ4v) is 5.70. The number of ketones is 1. The molecule has 0 aromatic heterocycles. The molecule has 132 valence electrons. The number of carbonyl (C=O) groups excluding carboxylic acids is 1. The Balaban J connectivity index is 1.65. The number of phenolic OH excluding ortho intramolecular Hbond substituents is 1. The van der Waals surface area contributed by atoms with Crippen molar-refractivity contribution in [2.24, 2.45) is 5.92 Å². The molecule has 0 unspecified atom stereocenters. The molecule has 4 atom stereocenters. The van der Waals surface area contributed by atoms with Gasteiger partial charge in [-0.25, -0.2) is 0 Å². The number of piperidine rings is 1. The van der Waals surface area contributed by atoms with E-state index in [4.69, 9.17) is 20.6 Å². The first-order valence-electron chi connectivity index (χ1n) is 11.5. The minimum absolute atomic E-state index is 0.0928. The number of hydrogen-bond acceptors (Lipinski definition) is 5. The van der Waals surface area contributed by atoms with Crippen LogP contribution in [0, 0.1) is 5.92 Å². The van der Waals surface area contributed by atoms with Crippen LogP contribution in [0.3, 0.4) is 0 Å². The zero-order chi connectivity index (χ0) is 21.1. The molecular formula is C20H23NO4. The molecule has 5 nitrogen and oxygen atoms in total. The number of hydrogen-bond donors (Lipinski definition) is 2. The summed E-state index contributed by atoms with van der Waals surface area (Å²) in [4.78, 5) is 15.6. The number of phenols is 1. The zero-order valence-electron chi connectivity index (χ0n) is 18.8. The first-order chi connectivity index (χ1) is 14.2. The first-order valence-corrected chi connectivity index (χ1v) is 9.16. The third-order valence-electron chi connectivity index (χ3n) is 7.02. The van der Waals surface area contributed by atoms with Crippen molar-refractivity contribution >= 4 is 5.78 Å². The van der Waals surface area contributed by atoms with Crippen molar-refractivity contribution in [3.05, 3.63) is 23.3 Å². The van der Waals surface area contributed by atoms with Gasteiger partial charge in [-0.3, -0.25) is 9.69 Å². The van der Waals surface area contributed by atoms with Gasteiger partial charge in [0.1, 0.15) is 0 Å². The summed E-state index contributed by atoms with van der Waals surface area (Å²) in [6.45, 7) is 1.47. The largest absolute Gasteiger partial charge is 0.504 e. The van der Waals surface area contributed by atoms with E-state index in [2.05, 4.69) is 4.90 Å². The van der Waals surface area contributed by atoms with Crippen molar-refractivity contribution in [2.45, 2.75) is 61.6 Å². The smallest absolute Gasteiger partial charge is 0.293 e. The maximum absolute atomic E-state index is 13.3. The van der Waals surface area contributed by atoms with Crippen LogP contribution >= 0.6 is 0 Å². The van der Waals surface area contributed by atoms with Crippen molar-refractivity contribution in [3.63, 3.8) is 0 Å². The normalized spacial score (nSPS) is 49.0. The summed E-state index contributed by atoms with van der Waals surface area (Å²) in [7, 11) is 0. The van der Waals surface area contributed by atoms with Crippen molar-refractivity contribution < 1.29 is 23.9 Å². The molecule has 1 saturated heterocycles. The maximum atomic E-state index is 13.3. The second kappa shape index (κ2) is 4.38. The van der Waals surface area contributed by atoms with Crippen LogP contribution in [0.1, 0.15) is 47.3 Å². The lowest BCUT2D eigenvalue weighted by molar-refractivity contribution is -0.188. The Morgan fingerprint density at radius 3 is 3.16 bits per heavy atom. The van der Waals surface area contributed by atoms with E-state index in [1.165, 1.54) is 12.8 Å². The van der Waals surface area contributed by atoms with Crippen molar-refractivity contribution in [3.8, 4) is 11.5 Å². The van der Waals surface area contributed by atoms with E-state index in [0.717, 1.165) is 12.1 Å². The quantitative estimate of drug-likeness (QED) is 0.865. The molecule has 2 bridgehead atoms. The highest BCUT2D eigenvalue weighted by Crippen LogP contribution is 2.64. The fourth-order valence-electron chi connectivity index (χ4n) is 5.70. The summed E-state index contributed by atoms with van der Waals surface area (Å²) < 4.78 is 47.7. The minimum Gasteiger partial charge on any atom is -0.504 e. The molecule has 2 heterocycles. The maximum Gasteiger partial charge on any atom is 0.293 e. The highest BCUT2D eigenvalue weighted by atomic mass is 16.5. The molecule has 0 radical (unpaired) electrons. The van der Waals surface area contributed by atoms with Gasteiger partial charge < -0.3 is 15.0 Å². The number of carbonyl (C=O) groups is 1. The Bertz CT molecular complexity index is 971. The average Bonchev–Trinajstić information content (AvgIpc) is 3.48. The van der Waals surface area contributed by atoms with Gasteiger partial charge >= 0.3 is 0 Å². The molecule has 6 rings (SSSR count). The van der Waals surface area contributed by atoms with Crippen LogP contribution < -0.4 is 4.74 Å². The number of likely N-dealkylation sites (tertiary alicyclic amines) is 1. The lowest BCUT2D eigenvalue weighted by Crippen LogP contribution is -2.76. The lowest BCUT2D eigenvalue weighted by Gasteiger charge is -2.62. The van der Waals surface area contributed by atoms with E-state index < -0.39 is 29.3 Å². The second-order valence-electron chi connectivity index (χ2n) is 8.24. The van der Waals surface area contributed by atoms with Crippen LogP contribution in [0.4, 0.5) is 0 Å². The molecule has 5 heteroatoms. The number of nitrogens with zero attached hydrogens (tertiary/aromatic N) is 1. The van der Waals surface area contributed by atoms with Gasteiger partial charge in [0, 0.05) is 27.3 Å². The third kappa shape index (κ3) is 1.56. The molecule has 0 amide bonds. The van der Waals surface area contributed by atoms with Crippen LogP contribution in [0.5, 0.6) is 11.5 Å². The van der Waals surface area contributed by atoms with E-state index in [1.54, 1.807) is 6.07 Å². The molecular weight excluding hydrogens is 318 g/mol. The summed E-state index contributed by atoms with van der Waals surface area (Å²) in [5, 5.41) is 10.2. The molecule has 2 aliphatic heterocycles. The Kier molecular flexibility index (Phi) is 1.85. The van der Waals surface area contributed by atoms with Gasteiger partial charge in [0.25, 0.3) is 1.43 Å². The number of ether oxygens (including phenoxy) is 1. The number of rotatable bonds is 4. The van der Waals surface area contributed by atoms with Crippen LogP contribution in [-0.4, -0.2) is 54.6 Å². The van der Waals surface area contributed by atoms with E-state index in [1.807, 2.05) is 6.07 Å². The van der Waals surface area contributed by atoms with Gasteiger partial charge in [0.2, 0.25) is 1.43 Å². The van der Waals surface area contributed by atoms with E-state index in [0.29, 0.717) is 30.9 Å². The number of aromatic hydroxyl groups is 1. The van der Waals surface area contributed by atoms with Gasteiger partial charge in [0.05, 0.1) is 12.4 Å². The Morgan fingerprint density at radius 2 is 2.36 bits per heavy atom. The van der Waals surface area contributed by atoms with Crippen molar-refractivity contribution in [2.75, 3.05) is 13.1 Å². The lowest BCUT2D eigenvalue weighted by atomic mass is 9.49. The molecule has 2 N–H and O–H groups in total. The average molecular weight is 346 g/mol. The number of Topliss-reactive ketones (excluding diaryl/α,β-unsaturated/α-hetero) is 1. The summed E-state index contributed by atoms with van der Waals surface area (Å²) in [5.41, 5.74) is -1.22. The van der Waals surface area contributed by atoms with Crippen molar-refractivity contribution in [1.82, 2.24) is 4.90 Å². The fraction of sp³-hybridized carbons (Fsp3) is 0.650. The monoisotopic (exact) mass is 346 g/mol. The molecule has 2 saturated carbocycles. The Morgan fingerprint density at radius 1 is 1.44 bits per heavy atom. The molecule has 1 aromatic carbocycles. The molecule has 3 fully saturated rings.